The van der Waals surface area contributed by atoms with E-state index in [0.29, 0.717) is 0 Å². The highest BCUT2D eigenvalue weighted by atomic mass is 16.6. The van der Waals surface area contributed by atoms with Gasteiger partial charge in [0.2, 0.25) is 12.0 Å². The third-order valence-electron chi connectivity index (χ3n) is 2.08. The SMILES string of the molecule is CC(C)NC(=O)CNC(=O)C1CC(C(=O)O)=NO1. The van der Waals surface area contributed by atoms with Crippen LogP contribution in [-0.4, -0.2) is 47.3 Å². The molecule has 0 radical (unpaired) electrons. The maximum atomic E-state index is 11.5. The van der Waals surface area contributed by atoms with Gasteiger partial charge in [-0.25, -0.2) is 4.79 Å². The lowest BCUT2D eigenvalue weighted by Gasteiger charge is -2.11. The molecule has 0 saturated carbocycles. The highest BCUT2D eigenvalue weighted by molar-refractivity contribution is 6.36. The Kier molecular flexibility index (Phi) is 4.64. The predicted octanol–water partition coefficient (Wildman–Crippen LogP) is -1.14. The summed E-state index contributed by atoms with van der Waals surface area (Å²) in [7, 11) is 0. The van der Waals surface area contributed by atoms with Crippen molar-refractivity contribution < 1.29 is 24.3 Å². The lowest BCUT2D eigenvalue weighted by atomic mass is 10.2. The molecule has 3 N–H and O–H groups in total. The lowest BCUT2D eigenvalue weighted by molar-refractivity contribution is -0.133. The Morgan fingerprint density at radius 1 is 1.50 bits per heavy atom. The predicted molar refractivity (Wildman–Crippen MR) is 60.8 cm³/mol. The van der Waals surface area contributed by atoms with Crippen molar-refractivity contribution >= 4 is 23.5 Å². The molecule has 8 heteroatoms. The smallest absolute Gasteiger partial charge is 0.353 e. The number of amides is 2. The number of oxime groups is 1. The average Bonchev–Trinajstić information content (AvgIpc) is 2.74. The number of carbonyl (C=O) groups excluding carboxylic acids is 2. The van der Waals surface area contributed by atoms with Crippen molar-refractivity contribution in [3.63, 3.8) is 0 Å². The van der Waals surface area contributed by atoms with Crippen LogP contribution in [0.5, 0.6) is 0 Å². The first kappa shape index (κ1) is 13.9. The Hall–Kier alpha value is -2.12. The summed E-state index contributed by atoms with van der Waals surface area (Å²) >= 11 is 0. The minimum atomic E-state index is -1.22. The number of carboxylic acids is 1. The number of carboxylic acid groups (broad SMARTS) is 1. The van der Waals surface area contributed by atoms with Crippen LogP contribution in [0.15, 0.2) is 5.16 Å². The standard InChI is InChI=1S/C10H15N3O5/c1-5(2)12-8(14)4-11-9(15)7-3-6(10(16)17)13-18-7/h5,7H,3-4H2,1-2H3,(H,11,15)(H,12,14)(H,16,17). The molecule has 1 aliphatic rings. The molecule has 0 aliphatic carbocycles. The Labute approximate surface area is 103 Å². The maximum absolute atomic E-state index is 11.5. The van der Waals surface area contributed by atoms with Gasteiger partial charge in [-0.05, 0) is 13.8 Å². The summed E-state index contributed by atoms with van der Waals surface area (Å²) in [6.45, 7) is 3.42. The molecule has 0 saturated heterocycles. The Bertz CT molecular complexity index is 391. The van der Waals surface area contributed by atoms with E-state index in [1.54, 1.807) is 13.8 Å². The van der Waals surface area contributed by atoms with E-state index >= 15 is 0 Å². The Balaban J connectivity index is 2.31. The molecule has 0 aromatic heterocycles. The van der Waals surface area contributed by atoms with E-state index in [1.165, 1.54) is 0 Å². The zero-order valence-corrected chi connectivity index (χ0v) is 10.1. The second kappa shape index (κ2) is 5.99. The van der Waals surface area contributed by atoms with Crippen LogP contribution in [0.2, 0.25) is 0 Å². The monoisotopic (exact) mass is 257 g/mol. The van der Waals surface area contributed by atoms with Gasteiger partial charge in [-0.2, -0.15) is 0 Å². The minimum Gasteiger partial charge on any atom is -0.477 e. The molecule has 1 heterocycles. The molecule has 18 heavy (non-hydrogen) atoms. The highest BCUT2D eigenvalue weighted by Crippen LogP contribution is 2.10. The fraction of sp³-hybridized carbons (Fsp3) is 0.600. The zero-order chi connectivity index (χ0) is 13.7. The van der Waals surface area contributed by atoms with E-state index in [0.717, 1.165) is 0 Å². The summed E-state index contributed by atoms with van der Waals surface area (Å²) in [6.07, 6.45) is -1.09. The van der Waals surface area contributed by atoms with Crippen LogP contribution in [0, 0.1) is 0 Å². The molecule has 0 aromatic carbocycles. The maximum Gasteiger partial charge on any atom is 0.353 e. The van der Waals surface area contributed by atoms with Crippen LogP contribution in [0.3, 0.4) is 0 Å². The summed E-state index contributed by atoms with van der Waals surface area (Å²) in [6, 6.07) is -0.0147. The van der Waals surface area contributed by atoms with Crippen molar-refractivity contribution in [1.29, 1.82) is 0 Å². The molecule has 1 aliphatic heterocycles. The number of hydrogen-bond acceptors (Lipinski definition) is 5. The minimum absolute atomic E-state index is 0.0147. The van der Waals surface area contributed by atoms with Gasteiger partial charge < -0.3 is 20.6 Å². The topological polar surface area (TPSA) is 117 Å². The van der Waals surface area contributed by atoms with Crippen molar-refractivity contribution in [1.82, 2.24) is 10.6 Å². The first-order valence-electron chi connectivity index (χ1n) is 5.43. The average molecular weight is 257 g/mol. The van der Waals surface area contributed by atoms with E-state index in [4.69, 9.17) is 5.11 Å². The molecule has 0 aromatic rings. The van der Waals surface area contributed by atoms with Gasteiger partial charge in [-0.3, -0.25) is 9.59 Å². The van der Waals surface area contributed by atoms with Crippen molar-refractivity contribution in [3.05, 3.63) is 0 Å². The summed E-state index contributed by atoms with van der Waals surface area (Å²) < 4.78 is 0. The van der Waals surface area contributed by atoms with Gasteiger partial charge in [-0.15, -0.1) is 0 Å². The summed E-state index contributed by atoms with van der Waals surface area (Å²) in [5.41, 5.74) is -0.207. The number of nitrogens with one attached hydrogen (secondary N) is 2. The van der Waals surface area contributed by atoms with Gasteiger partial charge >= 0.3 is 5.97 Å². The first-order chi connectivity index (χ1) is 8.40. The molecule has 0 bridgehead atoms. The van der Waals surface area contributed by atoms with Crippen LogP contribution in [-0.2, 0) is 19.2 Å². The molecule has 2 amide bonds. The van der Waals surface area contributed by atoms with Gasteiger partial charge in [0, 0.05) is 12.5 Å². The highest BCUT2D eigenvalue weighted by Gasteiger charge is 2.31. The van der Waals surface area contributed by atoms with Gasteiger partial charge in [0.1, 0.15) is 0 Å². The van der Waals surface area contributed by atoms with Crippen molar-refractivity contribution in [3.8, 4) is 0 Å². The molecule has 1 atom stereocenters. The normalized spacial score (nSPS) is 17.9. The van der Waals surface area contributed by atoms with Crippen molar-refractivity contribution in [2.45, 2.75) is 32.4 Å². The second-order valence-electron chi connectivity index (χ2n) is 4.08. The molecule has 8 nitrogen and oxygen atoms in total. The van der Waals surface area contributed by atoms with Gasteiger partial charge in [0.25, 0.3) is 5.91 Å². The summed E-state index contributed by atoms with van der Waals surface area (Å²) in [5.74, 6) is -2.10. The Morgan fingerprint density at radius 3 is 2.67 bits per heavy atom. The molecule has 0 spiro atoms. The molecule has 1 rings (SSSR count). The first-order valence-corrected chi connectivity index (χ1v) is 5.43. The van der Waals surface area contributed by atoms with Crippen LogP contribution in [0.1, 0.15) is 20.3 Å². The third-order valence-corrected chi connectivity index (χ3v) is 2.08. The summed E-state index contributed by atoms with van der Waals surface area (Å²) in [5, 5.41) is 16.8. The molecular formula is C10H15N3O5. The van der Waals surface area contributed by atoms with Gasteiger partial charge in [-0.1, -0.05) is 5.16 Å². The van der Waals surface area contributed by atoms with Crippen molar-refractivity contribution in [2.75, 3.05) is 6.54 Å². The van der Waals surface area contributed by atoms with E-state index in [-0.39, 0.29) is 30.6 Å². The molecule has 100 valence electrons. The zero-order valence-electron chi connectivity index (χ0n) is 10.1. The van der Waals surface area contributed by atoms with E-state index < -0.39 is 18.0 Å². The molecule has 1 unspecified atom stereocenters. The number of carbonyl (C=O) groups is 3. The van der Waals surface area contributed by atoms with Gasteiger partial charge in [0.15, 0.2) is 5.71 Å². The van der Waals surface area contributed by atoms with Crippen LogP contribution in [0.25, 0.3) is 0 Å². The number of rotatable bonds is 5. The fourth-order valence-electron chi connectivity index (χ4n) is 1.30. The lowest BCUT2D eigenvalue weighted by Crippen LogP contribution is -2.43. The largest absolute Gasteiger partial charge is 0.477 e. The van der Waals surface area contributed by atoms with E-state index in [9.17, 15) is 14.4 Å². The third kappa shape index (κ3) is 4.04. The van der Waals surface area contributed by atoms with E-state index in [1.807, 2.05) is 0 Å². The van der Waals surface area contributed by atoms with Crippen molar-refractivity contribution in [2.24, 2.45) is 5.16 Å². The fourth-order valence-corrected chi connectivity index (χ4v) is 1.30. The van der Waals surface area contributed by atoms with Crippen LogP contribution < -0.4 is 10.6 Å². The quantitative estimate of drug-likeness (QED) is 0.575. The Morgan fingerprint density at radius 2 is 2.17 bits per heavy atom. The van der Waals surface area contributed by atoms with E-state index in [2.05, 4.69) is 20.6 Å². The van der Waals surface area contributed by atoms with Gasteiger partial charge in [0.05, 0.1) is 6.54 Å². The van der Waals surface area contributed by atoms with Crippen LogP contribution in [0.4, 0.5) is 0 Å². The number of aliphatic carboxylic acids is 1. The second-order valence-corrected chi connectivity index (χ2v) is 4.08. The van der Waals surface area contributed by atoms with Crippen LogP contribution >= 0.6 is 0 Å². The summed E-state index contributed by atoms with van der Waals surface area (Å²) in [4.78, 5) is 38.0. The number of hydrogen-bond donors (Lipinski definition) is 3. The molecule has 0 fully saturated rings. The molecular weight excluding hydrogens is 242 g/mol. The number of nitrogens with zero attached hydrogens (tertiary/aromatic N) is 1.